The van der Waals surface area contributed by atoms with E-state index < -0.39 is 5.97 Å². The second kappa shape index (κ2) is 15.2. The molecule has 0 saturated carbocycles. The van der Waals surface area contributed by atoms with Crippen LogP contribution in [-0.4, -0.2) is 46.5 Å². The van der Waals surface area contributed by atoms with Gasteiger partial charge in [-0.15, -0.1) is 0 Å². The lowest BCUT2D eigenvalue weighted by Crippen LogP contribution is -2.32. The molecule has 1 amide bonds. The maximum absolute atomic E-state index is 13.6. The number of nitrogens with zero attached hydrogens (tertiary/aromatic N) is 2. The Balaban J connectivity index is 1.42. The molecule has 4 aromatic rings. The van der Waals surface area contributed by atoms with Gasteiger partial charge in [-0.25, -0.2) is 0 Å². The molecule has 0 atom stereocenters. The van der Waals surface area contributed by atoms with Gasteiger partial charge in [0.1, 0.15) is 12.4 Å². The zero-order valence-corrected chi connectivity index (χ0v) is 25.4. The molecule has 6 heteroatoms. The van der Waals surface area contributed by atoms with E-state index >= 15 is 0 Å². The summed E-state index contributed by atoms with van der Waals surface area (Å²) < 4.78 is 6.14. The molecule has 1 N–H and O–H groups in total. The smallest absolute Gasteiger partial charge is 0.305 e. The van der Waals surface area contributed by atoms with E-state index in [1.54, 1.807) is 17.0 Å². The van der Waals surface area contributed by atoms with Gasteiger partial charge in [0.2, 0.25) is 0 Å². The average molecular weight is 579 g/mol. The van der Waals surface area contributed by atoms with Gasteiger partial charge in [-0.2, -0.15) is 0 Å². The van der Waals surface area contributed by atoms with Crippen LogP contribution in [0.1, 0.15) is 59.8 Å². The van der Waals surface area contributed by atoms with Gasteiger partial charge in [0, 0.05) is 38.3 Å². The van der Waals surface area contributed by atoms with Crippen molar-refractivity contribution in [1.29, 1.82) is 0 Å². The third-order valence-electron chi connectivity index (χ3n) is 7.33. The molecule has 0 fully saturated rings. The van der Waals surface area contributed by atoms with E-state index in [9.17, 15) is 14.7 Å². The SMILES string of the molecule is CC(C)(C)c1ccc(CN(CCC(=O)O)C(=O)c2cccc(OCCN(Cc3ccccc3)Cc3ccccc3)c2)cc1. The van der Waals surface area contributed by atoms with Crippen LogP contribution in [0.5, 0.6) is 5.75 Å². The summed E-state index contributed by atoms with van der Waals surface area (Å²) >= 11 is 0. The Morgan fingerprint density at radius 1 is 0.698 bits per heavy atom. The van der Waals surface area contributed by atoms with Crippen molar-refractivity contribution in [3.05, 3.63) is 137 Å². The Labute approximate surface area is 255 Å². The van der Waals surface area contributed by atoms with Crippen molar-refractivity contribution in [2.45, 2.75) is 52.2 Å². The summed E-state index contributed by atoms with van der Waals surface area (Å²) in [5.41, 5.74) is 5.13. The van der Waals surface area contributed by atoms with Crippen molar-refractivity contribution in [3.63, 3.8) is 0 Å². The quantitative estimate of drug-likeness (QED) is 0.172. The van der Waals surface area contributed by atoms with Gasteiger partial charge in [-0.05, 0) is 45.9 Å². The molecule has 0 spiro atoms. The molecule has 0 radical (unpaired) electrons. The number of rotatable bonds is 14. The third-order valence-corrected chi connectivity index (χ3v) is 7.33. The van der Waals surface area contributed by atoms with E-state index in [4.69, 9.17) is 4.74 Å². The molecule has 0 aliphatic rings. The van der Waals surface area contributed by atoms with E-state index in [0.717, 1.165) is 18.7 Å². The van der Waals surface area contributed by atoms with Crippen LogP contribution in [-0.2, 0) is 29.8 Å². The van der Waals surface area contributed by atoms with Crippen LogP contribution in [0, 0.1) is 0 Å². The molecule has 43 heavy (non-hydrogen) atoms. The number of benzene rings is 4. The predicted octanol–water partition coefficient (Wildman–Crippen LogP) is 7.18. The monoisotopic (exact) mass is 578 g/mol. The van der Waals surface area contributed by atoms with Crippen LogP contribution in [0.25, 0.3) is 0 Å². The Hall–Kier alpha value is -4.42. The minimum Gasteiger partial charge on any atom is -0.492 e. The topological polar surface area (TPSA) is 70.1 Å². The van der Waals surface area contributed by atoms with Crippen molar-refractivity contribution in [1.82, 2.24) is 9.80 Å². The summed E-state index contributed by atoms with van der Waals surface area (Å²) in [4.78, 5) is 28.9. The van der Waals surface area contributed by atoms with Crippen LogP contribution in [0.4, 0.5) is 0 Å². The Morgan fingerprint density at radius 2 is 1.28 bits per heavy atom. The number of aliphatic carboxylic acids is 1. The highest BCUT2D eigenvalue weighted by molar-refractivity contribution is 5.94. The lowest BCUT2D eigenvalue weighted by molar-refractivity contribution is -0.137. The lowest BCUT2D eigenvalue weighted by Gasteiger charge is -2.24. The summed E-state index contributed by atoms with van der Waals surface area (Å²) in [5, 5.41) is 9.32. The number of carbonyl (C=O) groups excluding carboxylic acids is 1. The van der Waals surface area contributed by atoms with E-state index in [2.05, 4.69) is 86.3 Å². The summed E-state index contributed by atoms with van der Waals surface area (Å²) in [6.07, 6.45) is -0.124. The van der Waals surface area contributed by atoms with E-state index in [1.165, 1.54) is 16.7 Å². The first kappa shape index (κ1) is 31.5. The molecular weight excluding hydrogens is 536 g/mol. The van der Waals surface area contributed by atoms with Crippen molar-refractivity contribution in [3.8, 4) is 5.75 Å². The number of carbonyl (C=O) groups is 2. The molecule has 4 rings (SSSR count). The maximum atomic E-state index is 13.6. The number of carboxylic acid groups (broad SMARTS) is 1. The number of hydrogen-bond donors (Lipinski definition) is 1. The van der Waals surface area contributed by atoms with Gasteiger partial charge in [0.05, 0.1) is 6.42 Å². The van der Waals surface area contributed by atoms with Crippen molar-refractivity contribution < 1.29 is 19.4 Å². The van der Waals surface area contributed by atoms with Crippen LogP contribution in [0.3, 0.4) is 0 Å². The van der Waals surface area contributed by atoms with Gasteiger partial charge in [-0.3, -0.25) is 14.5 Å². The normalized spacial score (nSPS) is 11.3. The largest absolute Gasteiger partial charge is 0.492 e. The maximum Gasteiger partial charge on any atom is 0.305 e. The third kappa shape index (κ3) is 10.1. The Morgan fingerprint density at radius 3 is 1.84 bits per heavy atom. The highest BCUT2D eigenvalue weighted by atomic mass is 16.5. The first-order valence-corrected chi connectivity index (χ1v) is 14.8. The molecule has 0 aliphatic carbocycles. The Bertz CT molecular complexity index is 1410. The number of carboxylic acids is 1. The highest BCUT2D eigenvalue weighted by Crippen LogP contribution is 2.23. The van der Waals surface area contributed by atoms with Gasteiger partial charge < -0.3 is 14.7 Å². The van der Waals surface area contributed by atoms with Crippen LogP contribution in [0.2, 0.25) is 0 Å². The first-order chi connectivity index (χ1) is 20.7. The summed E-state index contributed by atoms with van der Waals surface area (Å²) in [6.45, 7) is 9.68. The molecule has 0 bridgehead atoms. The van der Waals surface area contributed by atoms with Gasteiger partial charge in [0.15, 0.2) is 0 Å². The van der Waals surface area contributed by atoms with Crippen molar-refractivity contribution in [2.75, 3.05) is 19.7 Å². The molecule has 0 aliphatic heterocycles. The van der Waals surface area contributed by atoms with Gasteiger partial charge >= 0.3 is 5.97 Å². The van der Waals surface area contributed by atoms with Gasteiger partial charge in [0.25, 0.3) is 5.91 Å². The van der Waals surface area contributed by atoms with E-state index in [-0.39, 0.29) is 24.3 Å². The Kier molecular flexibility index (Phi) is 11.1. The van der Waals surface area contributed by atoms with Crippen LogP contribution in [0.15, 0.2) is 109 Å². The molecule has 224 valence electrons. The predicted molar refractivity (Wildman–Crippen MR) is 171 cm³/mol. The standard InChI is InChI=1S/C37H42N2O4/c1-37(2,3)33-19-17-31(18-20-33)28-39(22-21-35(40)41)36(42)32-15-10-16-34(25-32)43-24-23-38(26-29-11-6-4-7-12-29)27-30-13-8-5-9-14-30/h4-20,25H,21-24,26-28H2,1-3H3,(H,40,41). The molecule has 4 aromatic carbocycles. The molecule has 0 saturated heterocycles. The van der Waals surface area contributed by atoms with Crippen molar-refractivity contribution in [2.24, 2.45) is 0 Å². The summed E-state index contributed by atoms with van der Waals surface area (Å²) in [6, 6.07) is 36.1. The number of hydrogen-bond acceptors (Lipinski definition) is 4. The molecule has 6 nitrogen and oxygen atoms in total. The molecule has 0 heterocycles. The minimum atomic E-state index is -0.937. The zero-order valence-electron chi connectivity index (χ0n) is 25.4. The minimum absolute atomic E-state index is 0.0257. The molecular formula is C37H42N2O4. The highest BCUT2D eigenvalue weighted by Gasteiger charge is 2.19. The van der Waals surface area contributed by atoms with Crippen molar-refractivity contribution >= 4 is 11.9 Å². The summed E-state index contributed by atoms with van der Waals surface area (Å²) in [7, 11) is 0. The molecule has 0 unspecified atom stereocenters. The number of ether oxygens (including phenoxy) is 1. The fourth-order valence-electron chi connectivity index (χ4n) is 4.90. The average Bonchev–Trinajstić information content (AvgIpc) is 3.00. The lowest BCUT2D eigenvalue weighted by atomic mass is 9.87. The van der Waals surface area contributed by atoms with Gasteiger partial charge in [-0.1, -0.05) is 112 Å². The first-order valence-electron chi connectivity index (χ1n) is 14.8. The summed E-state index contributed by atoms with van der Waals surface area (Å²) in [5.74, 6) is -0.548. The van der Waals surface area contributed by atoms with E-state index in [1.807, 2.05) is 36.4 Å². The number of amides is 1. The molecule has 0 aromatic heterocycles. The second-order valence-corrected chi connectivity index (χ2v) is 11.9. The van der Waals surface area contributed by atoms with Crippen LogP contribution >= 0.6 is 0 Å². The fourth-order valence-corrected chi connectivity index (χ4v) is 4.90. The van der Waals surface area contributed by atoms with Crippen LogP contribution < -0.4 is 4.74 Å². The fraction of sp³-hybridized carbons (Fsp3) is 0.297. The second-order valence-electron chi connectivity index (χ2n) is 11.9. The van der Waals surface area contributed by atoms with E-state index in [0.29, 0.717) is 31.0 Å². The zero-order chi connectivity index (χ0) is 30.7.